The predicted octanol–water partition coefficient (Wildman–Crippen LogP) is 4.26. The molecule has 1 aliphatic rings. The van der Waals surface area contributed by atoms with Crippen molar-refractivity contribution in [2.24, 2.45) is 10.9 Å². The third-order valence-electron chi connectivity index (χ3n) is 5.23. The summed E-state index contributed by atoms with van der Waals surface area (Å²) in [5.74, 6) is 2.79. The monoisotopic (exact) mass is 550 g/mol. The smallest absolute Gasteiger partial charge is 0.213 e. The summed E-state index contributed by atoms with van der Waals surface area (Å²) in [7, 11) is 1.07. The van der Waals surface area contributed by atoms with Gasteiger partial charge in [0.25, 0.3) is 0 Å². The molecule has 1 heterocycles. The number of halogens is 1. The van der Waals surface area contributed by atoms with E-state index >= 15 is 0 Å². The first-order valence-electron chi connectivity index (χ1n) is 10.9. The van der Waals surface area contributed by atoms with E-state index in [0.29, 0.717) is 29.6 Å². The van der Waals surface area contributed by atoms with Crippen LogP contribution in [-0.2, 0) is 17.3 Å². The van der Waals surface area contributed by atoms with Crippen molar-refractivity contribution < 1.29 is 8.95 Å². The van der Waals surface area contributed by atoms with Crippen molar-refractivity contribution in [2.45, 2.75) is 83.7 Å². The van der Waals surface area contributed by atoms with Gasteiger partial charge in [-0.05, 0) is 50.2 Å². The van der Waals surface area contributed by atoms with Crippen LogP contribution in [0.4, 0.5) is 0 Å². The highest BCUT2D eigenvalue weighted by Crippen LogP contribution is 2.23. The molecule has 4 atom stereocenters. The molecule has 1 aromatic heterocycles. The summed E-state index contributed by atoms with van der Waals surface area (Å²) >= 11 is 0. The summed E-state index contributed by atoms with van der Waals surface area (Å²) in [5, 5.41) is 7.20. The SMILES string of the molecule is CCS(=O)C1CCCC(NC(=NC)NCc2ccnc(OC(C)CC(C)C)c2)C1.I. The third kappa shape index (κ3) is 9.49. The van der Waals surface area contributed by atoms with Crippen LogP contribution < -0.4 is 15.4 Å². The molecular formula is C22H39IN4O2S. The second kappa shape index (κ2) is 14.2. The topological polar surface area (TPSA) is 75.6 Å². The number of rotatable bonds is 9. The molecule has 8 heteroatoms. The quantitative estimate of drug-likeness (QED) is 0.273. The lowest BCUT2D eigenvalue weighted by atomic mass is 9.95. The van der Waals surface area contributed by atoms with Crippen LogP contribution in [0.1, 0.15) is 65.4 Å². The summed E-state index contributed by atoms with van der Waals surface area (Å²) < 4.78 is 18.1. The zero-order chi connectivity index (χ0) is 21.2. The summed E-state index contributed by atoms with van der Waals surface area (Å²) in [6.07, 6.45) is 7.17. The van der Waals surface area contributed by atoms with E-state index in [1.54, 1.807) is 13.2 Å². The Hall–Kier alpha value is -0.900. The minimum Gasteiger partial charge on any atom is -0.475 e. The van der Waals surface area contributed by atoms with Gasteiger partial charge < -0.3 is 15.4 Å². The first-order chi connectivity index (χ1) is 13.9. The molecule has 1 saturated carbocycles. The molecule has 1 aromatic rings. The van der Waals surface area contributed by atoms with Crippen molar-refractivity contribution in [3.8, 4) is 5.88 Å². The van der Waals surface area contributed by atoms with E-state index in [2.05, 4.69) is 41.4 Å². The fourth-order valence-electron chi connectivity index (χ4n) is 3.87. The molecule has 4 unspecified atom stereocenters. The lowest BCUT2D eigenvalue weighted by Crippen LogP contribution is -2.46. The zero-order valence-corrected chi connectivity index (χ0v) is 22.2. The van der Waals surface area contributed by atoms with Crippen LogP contribution in [-0.4, -0.2) is 45.3 Å². The molecule has 0 amide bonds. The normalized spacial score (nSPS) is 21.5. The molecule has 0 spiro atoms. The van der Waals surface area contributed by atoms with Crippen LogP contribution in [0.2, 0.25) is 0 Å². The highest BCUT2D eigenvalue weighted by molar-refractivity contribution is 14.0. The number of aliphatic imine (C=N–C) groups is 1. The van der Waals surface area contributed by atoms with E-state index in [1.807, 2.05) is 19.1 Å². The number of hydrogen-bond acceptors (Lipinski definition) is 4. The summed E-state index contributed by atoms with van der Waals surface area (Å²) in [5.41, 5.74) is 1.10. The van der Waals surface area contributed by atoms with Crippen LogP contribution in [0.5, 0.6) is 5.88 Å². The van der Waals surface area contributed by atoms with Gasteiger partial charge in [0.1, 0.15) is 0 Å². The first kappa shape index (κ1) is 27.1. The summed E-state index contributed by atoms with van der Waals surface area (Å²) in [4.78, 5) is 8.70. The molecule has 2 N–H and O–H groups in total. The fraction of sp³-hybridized carbons (Fsp3) is 0.727. The van der Waals surface area contributed by atoms with Gasteiger partial charge in [-0.1, -0.05) is 27.2 Å². The van der Waals surface area contributed by atoms with Crippen molar-refractivity contribution in [3.63, 3.8) is 0 Å². The molecule has 1 aliphatic carbocycles. The highest BCUT2D eigenvalue weighted by Gasteiger charge is 2.26. The van der Waals surface area contributed by atoms with Gasteiger partial charge in [0, 0.05) is 53.7 Å². The van der Waals surface area contributed by atoms with Gasteiger partial charge in [-0.3, -0.25) is 9.20 Å². The maximum absolute atomic E-state index is 12.2. The molecule has 0 bridgehead atoms. The molecule has 0 saturated heterocycles. The van der Waals surface area contributed by atoms with E-state index < -0.39 is 10.8 Å². The average molecular weight is 551 g/mol. The van der Waals surface area contributed by atoms with Crippen molar-refractivity contribution in [1.29, 1.82) is 0 Å². The largest absolute Gasteiger partial charge is 0.475 e. The van der Waals surface area contributed by atoms with Crippen LogP contribution in [0, 0.1) is 5.92 Å². The van der Waals surface area contributed by atoms with Gasteiger partial charge >= 0.3 is 0 Å². The number of pyridine rings is 1. The van der Waals surface area contributed by atoms with E-state index in [1.165, 1.54) is 0 Å². The van der Waals surface area contributed by atoms with Crippen molar-refractivity contribution in [1.82, 2.24) is 15.6 Å². The van der Waals surface area contributed by atoms with Crippen LogP contribution in [0.25, 0.3) is 0 Å². The number of guanidine groups is 1. The second-order valence-corrected chi connectivity index (χ2v) is 10.3. The van der Waals surface area contributed by atoms with Crippen molar-refractivity contribution in [2.75, 3.05) is 12.8 Å². The Morgan fingerprint density at radius 3 is 2.80 bits per heavy atom. The number of hydrogen-bond donors (Lipinski definition) is 2. The minimum absolute atomic E-state index is 0. The molecule has 30 heavy (non-hydrogen) atoms. The van der Waals surface area contributed by atoms with E-state index in [4.69, 9.17) is 4.74 Å². The van der Waals surface area contributed by atoms with Crippen LogP contribution in [0.3, 0.4) is 0 Å². The molecule has 2 rings (SSSR count). The Kier molecular flexibility index (Phi) is 12.9. The Labute approximate surface area is 201 Å². The Morgan fingerprint density at radius 2 is 2.13 bits per heavy atom. The lowest BCUT2D eigenvalue weighted by Gasteiger charge is -2.30. The molecular weight excluding hydrogens is 511 g/mol. The first-order valence-corrected chi connectivity index (χ1v) is 12.2. The highest BCUT2D eigenvalue weighted by atomic mass is 127. The number of ether oxygens (including phenoxy) is 1. The van der Waals surface area contributed by atoms with Gasteiger partial charge in [0.2, 0.25) is 5.88 Å². The number of nitrogens with one attached hydrogen (secondary N) is 2. The Balaban J connectivity index is 0.00000450. The summed E-state index contributed by atoms with van der Waals surface area (Å²) in [6, 6.07) is 4.29. The molecule has 0 radical (unpaired) electrons. The zero-order valence-electron chi connectivity index (χ0n) is 19.0. The Bertz CT molecular complexity index is 687. The fourth-order valence-corrected chi connectivity index (χ4v) is 5.22. The van der Waals surface area contributed by atoms with E-state index in [9.17, 15) is 4.21 Å². The van der Waals surface area contributed by atoms with Crippen LogP contribution >= 0.6 is 24.0 Å². The maximum atomic E-state index is 12.2. The third-order valence-corrected chi connectivity index (χ3v) is 6.97. The second-order valence-electron chi connectivity index (χ2n) is 8.29. The van der Waals surface area contributed by atoms with Gasteiger partial charge in [-0.2, -0.15) is 0 Å². The minimum atomic E-state index is -0.717. The molecule has 0 aromatic carbocycles. The molecule has 0 aliphatic heterocycles. The lowest BCUT2D eigenvalue weighted by molar-refractivity contribution is 0.185. The van der Waals surface area contributed by atoms with E-state index in [-0.39, 0.29) is 30.1 Å². The molecule has 172 valence electrons. The molecule has 6 nitrogen and oxygen atoms in total. The number of nitrogens with zero attached hydrogens (tertiary/aromatic N) is 2. The van der Waals surface area contributed by atoms with Gasteiger partial charge in [-0.25, -0.2) is 4.98 Å². The van der Waals surface area contributed by atoms with Crippen molar-refractivity contribution in [3.05, 3.63) is 23.9 Å². The van der Waals surface area contributed by atoms with Gasteiger partial charge in [0.15, 0.2) is 5.96 Å². The van der Waals surface area contributed by atoms with Crippen LogP contribution in [0.15, 0.2) is 23.3 Å². The van der Waals surface area contributed by atoms with Gasteiger partial charge in [-0.15, -0.1) is 24.0 Å². The van der Waals surface area contributed by atoms with Gasteiger partial charge in [0.05, 0.1) is 6.10 Å². The van der Waals surface area contributed by atoms with Crippen molar-refractivity contribution >= 4 is 40.7 Å². The average Bonchev–Trinajstić information content (AvgIpc) is 2.70. The standard InChI is InChI=1S/C22H38N4O2S.HI/c1-6-29(27)20-9-7-8-19(14-20)26-22(23-5)25-15-18-10-11-24-21(13-18)28-17(4)12-16(2)3;/h10-11,13,16-17,19-20H,6-9,12,14-15H2,1-5H3,(H2,23,25,26);1H. The number of aromatic nitrogens is 1. The predicted molar refractivity (Wildman–Crippen MR) is 137 cm³/mol. The van der Waals surface area contributed by atoms with E-state index in [0.717, 1.165) is 49.4 Å². The Morgan fingerprint density at radius 1 is 1.37 bits per heavy atom. The summed E-state index contributed by atoms with van der Waals surface area (Å²) in [6.45, 7) is 9.13. The maximum Gasteiger partial charge on any atom is 0.213 e. The molecule has 1 fully saturated rings.